The number of carbonyl (C=O) groups excluding carboxylic acids is 1. The fourth-order valence-corrected chi connectivity index (χ4v) is 9.63. The minimum Gasteiger partial charge on any atom is -0.465 e. The van der Waals surface area contributed by atoms with Crippen LogP contribution in [0.25, 0.3) is 21.0 Å². The van der Waals surface area contributed by atoms with E-state index in [1.54, 1.807) is 16.2 Å². The van der Waals surface area contributed by atoms with Crippen LogP contribution in [0.5, 0.6) is 0 Å². The van der Waals surface area contributed by atoms with E-state index in [0.717, 1.165) is 54.0 Å². The summed E-state index contributed by atoms with van der Waals surface area (Å²) < 4.78 is 1.24. The van der Waals surface area contributed by atoms with Crippen LogP contribution in [-0.4, -0.2) is 45.1 Å². The molecule has 40 heavy (non-hydrogen) atoms. The average molecular weight is 556 g/mol. The monoisotopic (exact) mass is 555 g/mol. The van der Waals surface area contributed by atoms with Gasteiger partial charge in [-0.25, -0.2) is 4.79 Å². The molecule has 6 nitrogen and oxygen atoms in total. The molecule has 0 aliphatic heterocycles. The van der Waals surface area contributed by atoms with Crippen molar-refractivity contribution in [2.24, 2.45) is 23.7 Å². The molecule has 208 valence electrons. The van der Waals surface area contributed by atoms with Gasteiger partial charge in [0, 0.05) is 40.8 Å². The van der Waals surface area contributed by atoms with Gasteiger partial charge in [0.05, 0.1) is 0 Å². The van der Waals surface area contributed by atoms with E-state index >= 15 is 0 Å². The highest BCUT2D eigenvalue weighted by molar-refractivity contribution is 7.17. The molecular formula is C33H37N3O3S. The number of aromatic amines is 1. The average Bonchev–Trinajstić information content (AvgIpc) is 3.54. The Balaban J connectivity index is 1.20. The summed E-state index contributed by atoms with van der Waals surface area (Å²) in [6.45, 7) is 2.33. The van der Waals surface area contributed by atoms with Crippen molar-refractivity contribution >= 4 is 44.3 Å². The first-order valence-corrected chi connectivity index (χ1v) is 15.6. The van der Waals surface area contributed by atoms with Crippen molar-refractivity contribution < 1.29 is 14.7 Å². The van der Waals surface area contributed by atoms with Crippen LogP contribution in [0.15, 0.2) is 60.1 Å². The van der Waals surface area contributed by atoms with Gasteiger partial charge in [0.15, 0.2) is 0 Å². The Labute approximate surface area is 238 Å². The molecular weight excluding hydrogens is 518 g/mol. The van der Waals surface area contributed by atoms with Gasteiger partial charge < -0.3 is 15.4 Å². The third-order valence-electron chi connectivity index (χ3n) is 10.2. The number of fused-ring (bicyclic) bond motifs is 2. The summed E-state index contributed by atoms with van der Waals surface area (Å²) in [7, 11) is 0. The lowest BCUT2D eigenvalue weighted by Crippen LogP contribution is -2.68. The van der Waals surface area contributed by atoms with Crippen LogP contribution < -0.4 is 5.32 Å². The zero-order chi connectivity index (χ0) is 27.4. The van der Waals surface area contributed by atoms with Gasteiger partial charge in [0.2, 0.25) is 5.91 Å². The maximum absolute atomic E-state index is 14.3. The molecule has 4 aliphatic carbocycles. The fraction of sp³-hybridized carbons (Fsp3) is 0.455. The van der Waals surface area contributed by atoms with Crippen LogP contribution in [0.1, 0.15) is 50.2 Å². The van der Waals surface area contributed by atoms with Crippen molar-refractivity contribution in [3.63, 3.8) is 0 Å². The molecule has 4 saturated carbocycles. The molecule has 0 saturated heterocycles. The van der Waals surface area contributed by atoms with E-state index in [9.17, 15) is 14.7 Å². The Morgan fingerprint density at radius 2 is 1.65 bits per heavy atom. The van der Waals surface area contributed by atoms with E-state index in [1.807, 2.05) is 43.5 Å². The summed E-state index contributed by atoms with van der Waals surface area (Å²) in [5, 5.41) is 18.4. The number of para-hydroxylation sites is 1. The lowest BCUT2D eigenvalue weighted by molar-refractivity contribution is -0.140. The molecule has 0 radical (unpaired) electrons. The number of hydrogen-bond donors (Lipinski definition) is 3. The number of H-pyrrole nitrogens is 1. The number of carbonyl (C=O) groups is 2. The first-order chi connectivity index (χ1) is 19.4. The second-order valence-corrected chi connectivity index (χ2v) is 13.6. The smallest absolute Gasteiger partial charge is 0.408 e. The second kappa shape index (κ2) is 9.95. The van der Waals surface area contributed by atoms with Crippen LogP contribution in [0.3, 0.4) is 0 Å². The molecule has 2 aromatic carbocycles. The molecule has 0 spiro atoms. The lowest BCUT2D eigenvalue weighted by atomic mass is 9.53. The van der Waals surface area contributed by atoms with Gasteiger partial charge in [0.1, 0.15) is 5.54 Å². The molecule has 7 heteroatoms. The van der Waals surface area contributed by atoms with Crippen molar-refractivity contribution in [3.05, 3.63) is 71.2 Å². The van der Waals surface area contributed by atoms with Gasteiger partial charge >= 0.3 is 6.09 Å². The number of amides is 2. The van der Waals surface area contributed by atoms with Crippen LogP contribution >= 0.6 is 11.3 Å². The number of thiophene rings is 1. The number of hydrogen-bond acceptors (Lipinski definition) is 3. The third kappa shape index (κ3) is 4.30. The van der Waals surface area contributed by atoms with E-state index in [-0.39, 0.29) is 11.9 Å². The van der Waals surface area contributed by atoms with Crippen molar-refractivity contribution in [2.75, 3.05) is 6.54 Å². The second-order valence-electron chi connectivity index (χ2n) is 12.6. The van der Waals surface area contributed by atoms with Crippen LogP contribution in [0.2, 0.25) is 0 Å². The number of carboxylic acid groups (broad SMARTS) is 1. The largest absolute Gasteiger partial charge is 0.465 e. The zero-order valence-electron chi connectivity index (χ0n) is 22.9. The number of benzene rings is 2. The Kier molecular flexibility index (Phi) is 6.38. The lowest BCUT2D eigenvalue weighted by Gasteiger charge is -2.59. The molecule has 4 bridgehead atoms. The van der Waals surface area contributed by atoms with E-state index in [1.165, 1.54) is 22.1 Å². The Morgan fingerprint density at radius 3 is 2.38 bits per heavy atom. The zero-order valence-corrected chi connectivity index (χ0v) is 23.8. The first kappa shape index (κ1) is 25.6. The molecule has 3 N–H and O–H groups in total. The number of nitrogens with one attached hydrogen (secondary N) is 2. The predicted molar refractivity (Wildman–Crippen MR) is 160 cm³/mol. The Morgan fingerprint density at radius 1 is 0.975 bits per heavy atom. The number of rotatable bonds is 8. The molecule has 4 fully saturated rings. The summed E-state index contributed by atoms with van der Waals surface area (Å²) in [6, 6.07) is 16.3. The molecule has 2 heterocycles. The first-order valence-electron chi connectivity index (χ1n) is 14.7. The molecule has 4 aromatic rings. The predicted octanol–water partition coefficient (Wildman–Crippen LogP) is 6.85. The minimum atomic E-state index is -1.23. The minimum absolute atomic E-state index is 0.105. The SMILES string of the molecule is CC(Cc1c[nH]c2ccccc12)(C(=O)NCCc1csc2ccccc12)N(C(=O)O)C1C2CC3CC(C2)CC1C3. The van der Waals surface area contributed by atoms with Gasteiger partial charge in [-0.1, -0.05) is 36.4 Å². The van der Waals surface area contributed by atoms with Crippen molar-refractivity contribution in [3.8, 4) is 0 Å². The van der Waals surface area contributed by atoms with Crippen LogP contribution in [0, 0.1) is 23.7 Å². The Hall–Kier alpha value is -3.32. The normalized spacial score (nSPS) is 26.7. The molecule has 1 atom stereocenters. The Bertz CT molecular complexity index is 1550. The highest BCUT2D eigenvalue weighted by Crippen LogP contribution is 2.56. The quantitative estimate of drug-likeness (QED) is 0.222. The maximum Gasteiger partial charge on any atom is 0.408 e. The van der Waals surface area contributed by atoms with Crippen LogP contribution in [-0.2, 0) is 17.6 Å². The summed E-state index contributed by atoms with van der Waals surface area (Å²) in [6.07, 6.45) is 7.70. The molecule has 4 aliphatic rings. The summed E-state index contributed by atoms with van der Waals surface area (Å²) in [4.78, 5) is 32.4. The van der Waals surface area contributed by atoms with E-state index in [4.69, 9.17) is 0 Å². The summed E-state index contributed by atoms with van der Waals surface area (Å²) >= 11 is 1.72. The van der Waals surface area contributed by atoms with Crippen molar-refractivity contribution in [2.45, 2.75) is 63.5 Å². The highest BCUT2D eigenvalue weighted by atomic mass is 32.1. The van der Waals surface area contributed by atoms with E-state index in [2.05, 4.69) is 33.9 Å². The molecule has 2 amide bonds. The van der Waals surface area contributed by atoms with Crippen molar-refractivity contribution in [1.29, 1.82) is 0 Å². The topological polar surface area (TPSA) is 85.4 Å². The highest BCUT2D eigenvalue weighted by Gasteiger charge is 2.56. The third-order valence-corrected chi connectivity index (χ3v) is 11.2. The van der Waals surface area contributed by atoms with Crippen LogP contribution in [0.4, 0.5) is 4.79 Å². The molecule has 1 unspecified atom stereocenters. The van der Waals surface area contributed by atoms with Gasteiger partial charge in [-0.3, -0.25) is 9.69 Å². The number of nitrogens with zero attached hydrogens (tertiary/aromatic N) is 1. The van der Waals surface area contributed by atoms with E-state index in [0.29, 0.717) is 31.2 Å². The summed E-state index contributed by atoms with van der Waals surface area (Å²) in [5.74, 6) is 1.94. The van der Waals surface area contributed by atoms with Gasteiger partial charge in [-0.05, 0) is 103 Å². The van der Waals surface area contributed by atoms with Crippen molar-refractivity contribution in [1.82, 2.24) is 15.2 Å². The van der Waals surface area contributed by atoms with Gasteiger partial charge in [-0.2, -0.15) is 0 Å². The summed E-state index contributed by atoms with van der Waals surface area (Å²) in [5.41, 5.74) is 1.97. The number of aromatic nitrogens is 1. The molecule has 8 rings (SSSR count). The fourth-order valence-electron chi connectivity index (χ4n) is 8.64. The van der Waals surface area contributed by atoms with Gasteiger partial charge in [0.25, 0.3) is 0 Å². The maximum atomic E-state index is 14.3. The van der Waals surface area contributed by atoms with E-state index < -0.39 is 11.6 Å². The van der Waals surface area contributed by atoms with Gasteiger partial charge in [-0.15, -0.1) is 11.3 Å². The molecule has 2 aromatic heterocycles. The standard InChI is InChI=1S/C33H37N3O3S/c1-33(17-25-18-35-28-8-4-2-6-26(25)28,31(37)34-11-10-22-19-40-29-9-5-3-7-27(22)29)36(32(38)39)30-23-13-20-12-21(15-23)16-24(30)14-20/h2-9,18-21,23-24,30,35H,10-17H2,1H3,(H,34,37)(H,38,39).